The van der Waals surface area contributed by atoms with Gasteiger partial charge < -0.3 is 10.3 Å². The number of amides is 1. The zero-order chi connectivity index (χ0) is 24.1. The first-order valence-electron chi connectivity index (χ1n) is 10.7. The third kappa shape index (κ3) is 3.97. The van der Waals surface area contributed by atoms with Gasteiger partial charge in [0.25, 0.3) is 11.5 Å². The molecular weight excluding hydrogens is 506 g/mol. The van der Waals surface area contributed by atoms with Crippen molar-refractivity contribution in [3.05, 3.63) is 79.8 Å². The molecule has 1 aliphatic carbocycles. The SMILES string of the molecule is C=CCC1(S(=O)(=O)n2cc(C)c3c(C(=O)NCc4c(C)cc(C)[nH]c4=O)cc(Br)cc32)CC1. The lowest BCUT2D eigenvalue weighted by atomic mass is 10.1. The predicted molar refractivity (Wildman–Crippen MR) is 133 cm³/mol. The van der Waals surface area contributed by atoms with Crippen molar-refractivity contribution in [1.29, 1.82) is 0 Å². The largest absolute Gasteiger partial charge is 0.348 e. The molecule has 0 bridgehead atoms. The third-order valence-corrected chi connectivity index (χ3v) is 9.27. The van der Waals surface area contributed by atoms with Crippen molar-refractivity contribution in [2.45, 2.75) is 51.3 Å². The molecule has 1 fully saturated rings. The Hall–Kier alpha value is -2.65. The monoisotopic (exact) mass is 531 g/mol. The highest BCUT2D eigenvalue weighted by molar-refractivity contribution is 9.10. The maximum Gasteiger partial charge on any atom is 0.253 e. The molecule has 0 unspecified atom stereocenters. The van der Waals surface area contributed by atoms with Gasteiger partial charge in [0.05, 0.1) is 15.8 Å². The van der Waals surface area contributed by atoms with E-state index in [1.807, 2.05) is 13.0 Å². The van der Waals surface area contributed by atoms with Crippen LogP contribution in [0.25, 0.3) is 10.9 Å². The Bertz CT molecular complexity index is 1460. The van der Waals surface area contributed by atoms with Crippen LogP contribution in [0.3, 0.4) is 0 Å². The number of H-pyrrole nitrogens is 1. The Balaban J connectivity index is 1.75. The summed E-state index contributed by atoms with van der Waals surface area (Å²) in [5, 5.41) is 3.39. The number of rotatable bonds is 7. The second-order valence-electron chi connectivity index (χ2n) is 8.76. The average molecular weight is 532 g/mol. The van der Waals surface area contributed by atoms with Gasteiger partial charge >= 0.3 is 0 Å². The van der Waals surface area contributed by atoms with Gasteiger partial charge in [0.2, 0.25) is 10.0 Å². The smallest absolute Gasteiger partial charge is 0.253 e. The zero-order valence-corrected chi connectivity index (χ0v) is 21.2. The second kappa shape index (κ2) is 8.29. The Morgan fingerprint density at radius 3 is 2.55 bits per heavy atom. The Morgan fingerprint density at radius 1 is 1.24 bits per heavy atom. The first kappa shape index (κ1) is 23.5. The fourth-order valence-corrected chi connectivity index (χ4v) is 6.92. The highest BCUT2D eigenvalue weighted by atomic mass is 79.9. The van der Waals surface area contributed by atoms with Gasteiger partial charge in [-0.3, -0.25) is 9.59 Å². The molecule has 1 amide bonds. The van der Waals surface area contributed by atoms with Crippen molar-refractivity contribution < 1.29 is 13.2 Å². The number of aromatic amines is 1. The van der Waals surface area contributed by atoms with Gasteiger partial charge in [-0.1, -0.05) is 22.0 Å². The Morgan fingerprint density at radius 2 is 1.94 bits per heavy atom. The molecule has 3 aromatic rings. The molecule has 7 nitrogen and oxygen atoms in total. The fourth-order valence-electron chi connectivity index (χ4n) is 4.41. The number of aromatic nitrogens is 2. The molecule has 2 N–H and O–H groups in total. The molecule has 1 aliphatic rings. The summed E-state index contributed by atoms with van der Waals surface area (Å²) in [6.07, 6.45) is 4.80. The van der Waals surface area contributed by atoms with Gasteiger partial charge in [-0.05, 0) is 69.4 Å². The van der Waals surface area contributed by atoms with E-state index in [2.05, 4.69) is 32.8 Å². The van der Waals surface area contributed by atoms with Crippen LogP contribution in [0.2, 0.25) is 0 Å². The standard InChI is InChI=1S/C24H26BrN3O4S/c1-5-6-24(7-8-24)33(31,32)28-13-15(3)21-18(10-17(25)11-20(21)28)22(29)26-12-19-14(2)9-16(4)27-23(19)30/h5,9-11,13H,1,6-8,12H2,2-4H3,(H,26,29)(H,27,30). The molecule has 1 aromatic carbocycles. The van der Waals surface area contributed by atoms with Crippen LogP contribution >= 0.6 is 15.9 Å². The normalized spacial score (nSPS) is 14.9. The zero-order valence-electron chi connectivity index (χ0n) is 18.8. The van der Waals surface area contributed by atoms with Gasteiger partial charge in [0.1, 0.15) is 0 Å². The molecule has 2 aromatic heterocycles. The lowest BCUT2D eigenvalue weighted by Crippen LogP contribution is -2.29. The van der Waals surface area contributed by atoms with Crippen LogP contribution in [0.4, 0.5) is 0 Å². The van der Waals surface area contributed by atoms with E-state index in [-0.39, 0.29) is 18.0 Å². The number of carbonyl (C=O) groups excluding carboxylic acids is 1. The molecule has 0 radical (unpaired) electrons. The summed E-state index contributed by atoms with van der Waals surface area (Å²) in [6, 6.07) is 5.24. The fraction of sp³-hybridized carbons (Fsp3) is 0.333. The summed E-state index contributed by atoms with van der Waals surface area (Å²) >= 11 is 3.43. The lowest BCUT2D eigenvalue weighted by Gasteiger charge is -2.17. The molecule has 9 heteroatoms. The van der Waals surface area contributed by atoms with Crippen LogP contribution in [0, 0.1) is 20.8 Å². The molecular formula is C24H26BrN3O4S. The number of fused-ring (bicyclic) bond motifs is 1. The third-order valence-electron chi connectivity index (χ3n) is 6.32. The summed E-state index contributed by atoms with van der Waals surface area (Å²) in [7, 11) is -3.68. The molecule has 2 heterocycles. The van der Waals surface area contributed by atoms with Crippen LogP contribution in [-0.2, 0) is 16.6 Å². The van der Waals surface area contributed by atoms with Gasteiger partial charge in [0.15, 0.2) is 0 Å². The molecule has 1 saturated carbocycles. The van der Waals surface area contributed by atoms with Crippen molar-refractivity contribution in [2.75, 3.05) is 0 Å². The highest BCUT2D eigenvalue weighted by Gasteiger charge is 2.54. The summed E-state index contributed by atoms with van der Waals surface area (Å²) in [5.74, 6) is -0.383. The van der Waals surface area contributed by atoms with E-state index >= 15 is 0 Å². The first-order chi connectivity index (χ1) is 15.5. The van der Waals surface area contributed by atoms with Crippen LogP contribution < -0.4 is 10.9 Å². The van der Waals surface area contributed by atoms with E-state index in [9.17, 15) is 18.0 Å². The molecule has 0 spiro atoms. The van der Waals surface area contributed by atoms with Crippen LogP contribution in [0.1, 0.15) is 52.0 Å². The number of pyridine rings is 1. The van der Waals surface area contributed by atoms with Gasteiger partial charge in [0, 0.05) is 33.9 Å². The number of carbonyl (C=O) groups is 1. The van der Waals surface area contributed by atoms with Crippen molar-refractivity contribution in [3.63, 3.8) is 0 Å². The maximum absolute atomic E-state index is 13.5. The minimum Gasteiger partial charge on any atom is -0.348 e. The van der Waals surface area contributed by atoms with E-state index in [4.69, 9.17) is 0 Å². The highest BCUT2D eigenvalue weighted by Crippen LogP contribution is 2.48. The van der Waals surface area contributed by atoms with Gasteiger partial charge in [-0.2, -0.15) is 0 Å². The number of halogens is 1. The molecule has 33 heavy (non-hydrogen) atoms. The number of hydrogen-bond donors (Lipinski definition) is 2. The number of benzene rings is 1. The van der Waals surface area contributed by atoms with Crippen molar-refractivity contribution in [1.82, 2.24) is 14.3 Å². The molecule has 0 atom stereocenters. The summed E-state index contributed by atoms with van der Waals surface area (Å²) in [4.78, 5) is 28.2. The minimum atomic E-state index is -3.68. The van der Waals surface area contributed by atoms with E-state index in [1.165, 1.54) is 3.97 Å². The lowest BCUT2D eigenvalue weighted by molar-refractivity contribution is 0.0952. The summed E-state index contributed by atoms with van der Waals surface area (Å²) in [6.45, 7) is 9.20. The van der Waals surface area contributed by atoms with Crippen LogP contribution in [-0.4, -0.2) is 28.0 Å². The number of nitrogens with one attached hydrogen (secondary N) is 2. The number of aryl methyl sites for hydroxylation is 3. The van der Waals surface area contributed by atoms with Gasteiger partial charge in [-0.25, -0.2) is 12.4 Å². The first-order valence-corrected chi connectivity index (χ1v) is 12.9. The minimum absolute atomic E-state index is 0.0643. The van der Waals surface area contributed by atoms with Crippen molar-refractivity contribution in [3.8, 4) is 0 Å². The number of allylic oxidation sites excluding steroid dienone is 1. The summed E-state index contributed by atoms with van der Waals surface area (Å²) in [5.41, 5.74) is 3.28. The van der Waals surface area contributed by atoms with Crippen molar-refractivity contribution >= 4 is 42.8 Å². The van der Waals surface area contributed by atoms with Crippen LogP contribution in [0.5, 0.6) is 0 Å². The molecule has 174 valence electrons. The van der Waals surface area contributed by atoms with Crippen LogP contribution in [0.15, 0.2) is 46.3 Å². The van der Waals surface area contributed by atoms with E-state index in [0.717, 1.165) is 11.3 Å². The number of nitrogens with zero attached hydrogens (tertiary/aromatic N) is 1. The topological polar surface area (TPSA) is 101 Å². The van der Waals surface area contributed by atoms with Gasteiger partial charge in [-0.15, -0.1) is 6.58 Å². The van der Waals surface area contributed by atoms with E-state index in [0.29, 0.717) is 51.3 Å². The van der Waals surface area contributed by atoms with Crippen molar-refractivity contribution in [2.24, 2.45) is 0 Å². The average Bonchev–Trinajstić information content (AvgIpc) is 3.44. The Kier molecular flexibility index (Phi) is 5.90. The maximum atomic E-state index is 13.5. The number of hydrogen-bond acceptors (Lipinski definition) is 4. The predicted octanol–water partition coefficient (Wildman–Crippen LogP) is 4.23. The second-order valence-corrected chi connectivity index (χ2v) is 11.9. The van der Waals surface area contributed by atoms with E-state index < -0.39 is 14.8 Å². The molecule has 0 saturated heterocycles. The summed E-state index contributed by atoms with van der Waals surface area (Å²) < 4.78 is 28.1. The quantitative estimate of drug-likeness (QED) is 0.445. The molecule has 0 aliphatic heterocycles. The Labute approximate surface area is 201 Å². The molecule has 4 rings (SSSR count). The van der Waals surface area contributed by atoms with E-state index in [1.54, 1.807) is 38.3 Å².